The van der Waals surface area contributed by atoms with E-state index in [1.165, 1.54) is 6.20 Å². The number of carbonyl (C=O) groups is 1. The molecule has 0 spiro atoms. The summed E-state index contributed by atoms with van der Waals surface area (Å²) in [6, 6.07) is 6.93. The molecule has 0 amide bonds. The van der Waals surface area contributed by atoms with Gasteiger partial charge in [0, 0.05) is 6.20 Å². The maximum absolute atomic E-state index is 10.7. The van der Waals surface area contributed by atoms with Crippen LogP contribution in [0.1, 0.15) is 17.2 Å². The Balaban J connectivity index is 2.53. The predicted molar refractivity (Wildman–Crippen MR) is 47.9 cm³/mol. The summed E-state index contributed by atoms with van der Waals surface area (Å²) in [5.74, 6) is 0. The Morgan fingerprint density at radius 2 is 2.15 bits per heavy atom. The molecule has 1 N–H and O–H groups in total. The highest BCUT2D eigenvalue weighted by molar-refractivity contribution is 5.69. The molecule has 1 unspecified atom stereocenters. The molecule has 0 radical (unpaired) electrons. The van der Waals surface area contributed by atoms with Crippen molar-refractivity contribution in [3.05, 3.63) is 41.6 Å². The molecule has 0 saturated carbocycles. The lowest BCUT2D eigenvalue weighted by Crippen LogP contribution is -2.24. The Hall–Kier alpha value is -1.61. The van der Waals surface area contributed by atoms with Crippen LogP contribution in [-0.2, 0) is 4.79 Å². The lowest BCUT2D eigenvalue weighted by atomic mass is 9.99. The number of nitrogens with zero attached hydrogens (tertiary/aromatic N) is 1. The predicted octanol–water partition coefficient (Wildman–Crippen LogP) is 1.60. The summed E-state index contributed by atoms with van der Waals surface area (Å²) in [7, 11) is 0. The molecule has 1 aliphatic heterocycles. The number of carbonyl (C=O) groups excluding carboxylic acids is 1. The van der Waals surface area contributed by atoms with Crippen LogP contribution in [0.3, 0.4) is 0 Å². The van der Waals surface area contributed by atoms with Crippen LogP contribution in [0.15, 0.2) is 30.5 Å². The third-order valence-electron chi connectivity index (χ3n) is 2.14. The summed E-state index contributed by atoms with van der Waals surface area (Å²) >= 11 is 0. The average molecular weight is 175 g/mol. The fraction of sp³-hybridized carbons (Fsp3) is 0.100. The van der Waals surface area contributed by atoms with Crippen molar-refractivity contribution >= 4 is 12.4 Å². The molecule has 2 rings (SSSR count). The molecule has 1 heterocycles. The van der Waals surface area contributed by atoms with E-state index in [0.29, 0.717) is 0 Å². The molecule has 0 aromatic heterocycles. The maximum Gasteiger partial charge on any atom is 0.149 e. The lowest BCUT2D eigenvalue weighted by Gasteiger charge is -2.25. The van der Waals surface area contributed by atoms with Gasteiger partial charge in [0.1, 0.15) is 12.3 Å². The van der Waals surface area contributed by atoms with E-state index >= 15 is 0 Å². The topological polar surface area (TPSA) is 40.5 Å². The van der Waals surface area contributed by atoms with Crippen LogP contribution in [0.4, 0.5) is 0 Å². The van der Waals surface area contributed by atoms with E-state index in [9.17, 15) is 10.0 Å². The van der Waals surface area contributed by atoms with Gasteiger partial charge in [-0.05, 0) is 17.2 Å². The molecule has 0 bridgehead atoms. The highest BCUT2D eigenvalue weighted by Gasteiger charge is 2.20. The van der Waals surface area contributed by atoms with Gasteiger partial charge in [-0.1, -0.05) is 24.3 Å². The van der Waals surface area contributed by atoms with Gasteiger partial charge in [0.05, 0.1) is 0 Å². The van der Waals surface area contributed by atoms with Crippen LogP contribution < -0.4 is 0 Å². The van der Waals surface area contributed by atoms with Crippen LogP contribution in [-0.4, -0.2) is 16.6 Å². The summed E-state index contributed by atoms with van der Waals surface area (Å²) in [5, 5.41) is 10.2. The number of rotatable bonds is 1. The third-order valence-corrected chi connectivity index (χ3v) is 2.14. The number of hydrogen-bond donors (Lipinski definition) is 1. The van der Waals surface area contributed by atoms with Crippen molar-refractivity contribution in [3.63, 3.8) is 0 Å². The minimum atomic E-state index is -0.568. The second-order valence-corrected chi connectivity index (χ2v) is 2.91. The smallest absolute Gasteiger partial charge is 0.149 e. The molecular formula is C10H9NO2. The normalized spacial score (nSPS) is 19.8. The van der Waals surface area contributed by atoms with Crippen LogP contribution in [0, 0.1) is 0 Å². The number of fused-ring (bicyclic) bond motifs is 1. The second-order valence-electron chi connectivity index (χ2n) is 2.91. The van der Waals surface area contributed by atoms with Crippen LogP contribution in [0.5, 0.6) is 0 Å². The Morgan fingerprint density at radius 1 is 1.38 bits per heavy atom. The second kappa shape index (κ2) is 3.03. The molecular weight excluding hydrogens is 166 g/mol. The van der Waals surface area contributed by atoms with Gasteiger partial charge in [0.2, 0.25) is 0 Å². The number of benzene rings is 1. The fourth-order valence-electron chi connectivity index (χ4n) is 1.46. The van der Waals surface area contributed by atoms with Gasteiger partial charge < -0.3 is 4.79 Å². The first-order valence-electron chi connectivity index (χ1n) is 4.02. The van der Waals surface area contributed by atoms with Gasteiger partial charge in [0.25, 0.3) is 0 Å². The third kappa shape index (κ3) is 1.23. The minimum Gasteiger partial charge on any atom is -0.301 e. The summed E-state index contributed by atoms with van der Waals surface area (Å²) in [6.45, 7) is 0. The largest absolute Gasteiger partial charge is 0.301 e. The van der Waals surface area contributed by atoms with E-state index in [1.807, 2.05) is 24.3 Å². The summed E-state index contributed by atoms with van der Waals surface area (Å²) in [5.41, 5.74) is 1.81. The zero-order chi connectivity index (χ0) is 9.26. The van der Waals surface area contributed by atoms with Gasteiger partial charge in [-0.25, -0.2) is 5.06 Å². The highest BCUT2D eigenvalue weighted by Crippen LogP contribution is 2.26. The fourth-order valence-corrected chi connectivity index (χ4v) is 1.46. The molecule has 0 fully saturated rings. The first-order chi connectivity index (χ1) is 6.33. The van der Waals surface area contributed by atoms with Crippen LogP contribution >= 0.6 is 0 Å². The van der Waals surface area contributed by atoms with E-state index in [1.54, 1.807) is 6.08 Å². The molecule has 66 valence electrons. The van der Waals surface area contributed by atoms with Crippen LogP contribution in [0.25, 0.3) is 6.08 Å². The zero-order valence-electron chi connectivity index (χ0n) is 6.92. The number of aldehydes is 1. The summed E-state index contributed by atoms with van der Waals surface area (Å²) in [4.78, 5) is 10.7. The van der Waals surface area contributed by atoms with Gasteiger partial charge in [-0.3, -0.25) is 5.21 Å². The van der Waals surface area contributed by atoms with Gasteiger partial charge in [-0.2, -0.15) is 0 Å². The van der Waals surface area contributed by atoms with E-state index in [-0.39, 0.29) is 0 Å². The number of hydroxylamine groups is 2. The molecule has 0 saturated heterocycles. The molecule has 1 atom stereocenters. The molecule has 1 aromatic carbocycles. The minimum absolute atomic E-state index is 0.568. The van der Waals surface area contributed by atoms with Crippen molar-refractivity contribution in [1.29, 1.82) is 0 Å². The Kier molecular flexibility index (Phi) is 1.87. The SMILES string of the molecule is O=CC1c2ccccc2C=CN1O. The van der Waals surface area contributed by atoms with Crippen molar-refractivity contribution in [2.45, 2.75) is 6.04 Å². The first-order valence-corrected chi connectivity index (χ1v) is 4.02. The molecule has 1 aromatic rings. The Morgan fingerprint density at radius 3 is 2.92 bits per heavy atom. The van der Waals surface area contributed by atoms with Gasteiger partial charge in [0.15, 0.2) is 0 Å². The van der Waals surface area contributed by atoms with Crippen molar-refractivity contribution in [2.75, 3.05) is 0 Å². The molecule has 1 aliphatic rings. The van der Waals surface area contributed by atoms with Crippen molar-refractivity contribution in [2.24, 2.45) is 0 Å². The van der Waals surface area contributed by atoms with E-state index in [4.69, 9.17) is 0 Å². The zero-order valence-corrected chi connectivity index (χ0v) is 6.92. The maximum atomic E-state index is 10.7. The van der Waals surface area contributed by atoms with E-state index in [2.05, 4.69) is 0 Å². The summed E-state index contributed by atoms with van der Waals surface area (Å²) in [6.07, 6.45) is 3.99. The quantitative estimate of drug-likeness (QED) is 0.659. The van der Waals surface area contributed by atoms with Crippen LogP contribution in [0.2, 0.25) is 0 Å². The molecule has 3 nitrogen and oxygen atoms in total. The number of hydrogen-bond acceptors (Lipinski definition) is 3. The highest BCUT2D eigenvalue weighted by atomic mass is 16.5. The molecule has 3 heteroatoms. The Labute approximate surface area is 75.9 Å². The van der Waals surface area contributed by atoms with Gasteiger partial charge >= 0.3 is 0 Å². The standard InChI is InChI=1S/C10H9NO2/c12-7-10-9-4-2-1-3-8(9)5-6-11(10)13/h1-7,10,13H. The van der Waals surface area contributed by atoms with Gasteiger partial charge in [-0.15, -0.1) is 0 Å². The van der Waals surface area contributed by atoms with Crippen molar-refractivity contribution in [1.82, 2.24) is 5.06 Å². The van der Waals surface area contributed by atoms with Crippen molar-refractivity contribution < 1.29 is 10.0 Å². The first kappa shape index (κ1) is 8.01. The molecule has 0 aliphatic carbocycles. The monoisotopic (exact) mass is 175 g/mol. The van der Waals surface area contributed by atoms with Crippen molar-refractivity contribution in [3.8, 4) is 0 Å². The molecule has 13 heavy (non-hydrogen) atoms. The van der Waals surface area contributed by atoms with E-state index < -0.39 is 6.04 Å². The van der Waals surface area contributed by atoms with E-state index in [0.717, 1.165) is 22.5 Å². The summed E-state index contributed by atoms with van der Waals surface area (Å²) < 4.78 is 0. The average Bonchev–Trinajstić information content (AvgIpc) is 2.18. The lowest BCUT2D eigenvalue weighted by molar-refractivity contribution is -0.128. The Bertz CT molecular complexity index is 360.